The molecule has 0 aliphatic carbocycles. The summed E-state index contributed by atoms with van der Waals surface area (Å²) in [6.07, 6.45) is 0. The number of rotatable bonds is 6. The fourth-order valence-electron chi connectivity index (χ4n) is 10.8. The molecule has 80 heavy (non-hydrogen) atoms. The van der Waals surface area contributed by atoms with Crippen molar-refractivity contribution in [3.8, 4) is 0 Å². The Kier molecular flexibility index (Phi) is 15.7. The van der Waals surface area contributed by atoms with Crippen molar-refractivity contribution in [1.29, 1.82) is 0 Å². The minimum absolute atomic E-state index is 0.109. The standard InChI is InChI=1S/C78H108N2/c1-69(2,3)49-31-33-63-65(47-49)67(79(59-39-51(71(7,8)9)35-52(40-59)72(10,11)12)60-41-53(73(13,14)15)36-54(42-60)74(16,17)18)64-34-32-50(70(4,5)6)48-66(64)68(63)80(61-43-55(75(19,20)21)37-56(44-61)76(22,23)24)62-45-57(77(25,26)27)38-58(46-62)78(28,29)30/h31-48H,1-30H3. The quantitative estimate of drug-likeness (QED) is 0.121. The first-order chi connectivity index (χ1) is 36.0. The zero-order valence-electron chi connectivity index (χ0n) is 56.3. The van der Waals surface area contributed by atoms with E-state index in [9.17, 15) is 0 Å². The first kappa shape index (κ1) is 62.3. The maximum atomic E-state index is 2.70. The van der Waals surface area contributed by atoms with Gasteiger partial charge in [-0.15, -0.1) is 0 Å². The van der Waals surface area contributed by atoms with Crippen LogP contribution in [0.4, 0.5) is 34.1 Å². The first-order valence-electron chi connectivity index (χ1n) is 30.2. The van der Waals surface area contributed by atoms with Crippen LogP contribution >= 0.6 is 0 Å². The monoisotopic (exact) mass is 1070 g/mol. The molecule has 0 aromatic heterocycles. The molecule has 0 heterocycles. The summed E-state index contributed by atoms with van der Waals surface area (Å²) in [5.41, 5.74) is 19.3. The van der Waals surface area contributed by atoms with Crippen LogP contribution in [0.2, 0.25) is 0 Å². The molecule has 0 bridgehead atoms. The highest BCUT2D eigenvalue weighted by atomic mass is 15.2. The van der Waals surface area contributed by atoms with Gasteiger partial charge in [-0.05, 0) is 170 Å². The van der Waals surface area contributed by atoms with E-state index in [0.29, 0.717) is 0 Å². The van der Waals surface area contributed by atoms with Crippen molar-refractivity contribution >= 4 is 55.7 Å². The highest BCUT2D eigenvalue weighted by Crippen LogP contribution is 2.55. The Morgan fingerprint density at radius 1 is 0.175 bits per heavy atom. The molecule has 0 amide bonds. The molecule has 2 nitrogen and oxygen atoms in total. The van der Waals surface area contributed by atoms with Gasteiger partial charge in [0.05, 0.1) is 11.4 Å². The molecule has 7 aromatic rings. The lowest BCUT2D eigenvalue weighted by Crippen LogP contribution is -2.23. The highest BCUT2D eigenvalue weighted by molar-refractivity contribution is 6.23. The van der Waals surface area contributed by atoms with E-state index in [1.165, 1.54) is 111 Å². The predicted molar refractivity (Wildman–Crippen MR) is 358 cm³/mol. The molecule has 0 saturated heterocycles. The Morgan fingerprint density at radius 2 is 0.338 bits per heavy atom. The highest BCUT2D eigenvalue weighted by Gasteiger charge is 2.34. The molecule has 0 unspecified atom stereocenters. The number of hydrogen-bond donors (Lipinski definition) is 0. The normalized spacial score (nSPS) is 13.9. The van der Waals surface area contributed by atoms with Gasteiger partial charge in [-0.1, -0.05) is 256 Å². The second-order valence-corrected chi connectivity index (χ2v) is 34.5. The maximum Gasteiger partial charge on any atom is 0.0620 e. The van der Waals surface area contributed by atoms with E-state index >= 15 is 0 Å². The Hall–Kier alpha value is -5.34. The molecule has 2 heteroatoms. The van der Waals surface area contributed by atoms with Crippen LogP contribution in [-0.2, 0) is 54.1 Å². The van der Waals surface area contributed by atoms with Gasteiger partial charge in [0.25, 0.3) is 0 Å². The summed E-state index contributed by atoms with van der Waals surface area (Å²) in [6, 6.07) is 45.1. The Balaban J connectivity index is 1.90. The van der Waals surface area contributed by atoms with Crippen molar-refractivity contribution in [3.63, 3.8) is 0 Å². The van der Waals surface area contributed by atoms with E-state index in [-0.39, 0.29) is 54.1 Å². The predicted octanol–water partition coefficient (Wildman–Crippen LogP) is 23.9. The zero-order chi connectivity index (χ0) is 60.4. The lowest BCUT2D eigenvalue weighted by atomic mass is 9.78. The Labute approximate surface area is 489 Å². The number of benzene rings is 7. The SMILES string of the molecule is CC(C)(C)c1cc(N(c2cc(C(C)(C)C)cc(C(C)(C)C)c2)c2c3ccc(C(C)(C)C)cc3c(N(c3cc(C(C)(C)C)cc(C(C)(C)C)c3)c3cc(C(C)(C)C)cc(C(C)(C)C)c3)c3ccc(C(C)(C)C)cc23)cc(C(C)(C)C)c1. The second-order valence-electron chi connectivity index (χ2n) is 34.5. The van der Waals surface area contributed by atoms with E-state index in [1.807, 2.05) is 0 Å². The molecule has 430 valence electrons. The van der Waals surface area contributed by atoms with E-state index in [0.717, 1.165) is 0 Å². The Bertz CT molecular complexity index is 2930. The summed E-state index contributed by atoms with van der Waals surface area (Å²) in [6.45, 7) is 71.2. The van der Waals surface area contributed by atoms with Crippen molar-refractivity contribution in [1.82, 2.24) is 0 Å². The number of hydrogen-bond acceptors (Lipinski definition) is 2. The smallest absolute Gasteiger partial charge is 0.0620 e. The molecule has 0 atom stereocenters. The summed E-state index contributed by atoms with van der Waals surface area (Å²) >= 11 is 0. The van der Waals surface area contributed by atoms with Gasteiger partial charge < -0.3 is 9.80 Å². The first-order valence-corrected chi connectivity index (χ1v) is 30.2. The van der Waals surface area contributed by atoms with Crippen LogP contribution in [-0.4, -0.2) is 0 Å². The average molecular weight is 1070 g/mol. The fourth-order valence-corrected chi connectivity index (χ4v) is 10.8. The number of nitrogens with zero attached hydrogens (tertiary/aromatic N) is 2. The van der Waals surface area contributed by atoms with E-state index in [2.05, 4.69) is 327 Å². The lowest BCUT2D eigenvalue weighted by Gasteiger charge is -2.37. The van der Waals surface area contributed by atoms with Crippen LogP contribution in [0.1, 0.15) is 263 Å². The van der Waals surface area contributed by atoms with Crippen molar-refractivity contribution in [2.24, 2.45) is 0 Å². The van der Waals surface area contributed by atoms with E-state index in [1.54, 1.807) is 0 Å². The molecule has 7 rings (SSSR count). The zero-order valence-corrected chi connectivity index (χ0v) is 56.3. The molecule has 0 spiro atoms. The molecule has 0 aliphatic rings. The van der Waals surface area contributed by atoms with Crippen molar-refractivity contribution in [2.75, 3.05) is 9.80 Å². The van der Waals surface area contributed by atoms with Gasteiger partial charge in [0, 0.05) is 44.3 Å². The van der Waals surface area contributed by atoms with Gasteiger partial charge in [0.2, 0.25) is 0 Å². The summed E-state index contributed by atoms with van der Waals surface area (Å²) in [7, 11) is 0. The van der Waals surface area contributed by atoms with Gasteiger partial charge in [-0.2, -0.15) is 0 Å². The molecule has 7 aromatic carbocycles. The van der Waals surface area contributed by atoms with Crippen molar-refractivity contribution < 1.29 is 0 Å². The van der Waals surface area contributed by atoms with Crippen molar-refractivity contribution in [3.05, 3.63) is 165 Å². The van der Waals surface area contributed by atoms with Crippen molar-refractivity contribution in [2.45, 2.75) is 262 Å². The van der Waals surface area contributed by atoms with Gasteiger partial charge in [-0.3, -0.25) is 0 Å². The molecule has 0 saturated carbocycles. The average Bonchev–Trinajstić information content (AvgIpc) is 3.28. The summed E-state index contributed by atoms with van der Waals surface area (Å²) < 4.78 is 0. The van der Waals surface area contributed by atoms with Crippen LogP contribution in [0, 0.1) is 0 Å². The third-order valence-electron chi connectivity index (χ3n) is 16.9. The maximum absolute atomic E-state index is 2.70. The topological polar surface area (TPSA) is 6.48 Å². The largest absolute Gasteiger partial charge is 0.309 e. The summed E-state index contributed by atoms with van der Waals surface area (Å²) in [5, 5.41) is 4.91. The Morgan fingerprint density at radius 3 is 0.487 bits per heavy atom. The summed E-state index contributed by atoms with van der Waals surface area (Å²) in [5.74, 6) is 0. The molecular weight excluding hydrogens is 965 g/mol. The minimum atomic E-state index is -0.135. The second kappa shape index (κ2) is 20.2. The fraction of sp³-hybridized carbons (Fsp3) is 0.513. The number of fused-ring (bicyclic) bond motifs is 2. The lowest BCUT2D eigenvalue weighted by molar-refractivity contribution is 0.567. The van der Waals surface area contributed by atoms with Crippen LogP contribution < -0.4 is 9.80 Å². The van der Waals surface area contributed by atoms with Crippen LogP contribution in [0.5, 0.6) is 0 Å². The summed E-state index contributed by atoms with van der Waals surface area (Å²) in [4.78, 5) is 5.40. The molecular formula is C78H108N2. The molecule has 0 fully saturated rings. The minimum Gasteiger partial charge on any atom is -0.309 e. The van der Waals surface area contributed by atoms with Gasteiger partial charge >= 0.3 is 0 Å². The van der Waals surface area contributed by atoms with Gasteiger partial charge in [-0.25, -0.2) is 0 Å². The van der Waals surface area contributed by atoms with Crippen LogP contribution in [0.3, 0.4) is 0 Å². The van der Waals surface area contributed by atoms with Gasteiger partial charge in [0.1, 0.15) is 0 Å². The van der Waals surface area contributed by atoms with Crippen LogP contribution in [0.15, 0.2) is 109 Å². The van der Waals surface area contributed by atoms with Crippen LogP contribution in [0.25, 0.3) is 21.5 Å². The van der Waals surface area contributed by atoms with Gasteiger partial charge in [0.15, 0.2) is 0 Å². The van der Waals surface area contributed by atoms with E-state index < -0.39 is 0 Å². The number of anilines is 6. The third kappa shape index (κ3) is 13.1. The third-order valence-corrected chi connectivity index (χ3v) is 16.9. The molecule has 0 aliphatic heterocycles. The molecule has 0 N–H and O–H groups in total. The molecule has 0 radical (unpaired) electrons. The van der Waals surface area contributed by atoms with E-state index in [4.69, 9.17) is 0 Å².